The van der Waals surface area contributed by atoms with Crippen molar-refractivity contribution in [3.8, 4) is 0 Å². The fourth-order valence-corrected chi connectivity index (χ4v) is 4.54. The number of methoxy groups -OCH3 is 1. The zero-order valence-electron chi connectivity index (χ0n) is 18.2. The molecule has 0 bridgehead atoms. The molecule has 4 heterocycles. The topological polar surface area (TPSA) is 112 Å². The zero-order chi connectivity index (χ0) is 22.9. The summed E-state index contributed by atoms with van der Waals surface area (Å²) >= 11 is 6.68. The first-order valence-electron chi connectivity index (χ1n) is 10.6. The van der Waals surface area contributed by atoms with Crippen molar-refractivity contribution in [1.82, 2.24) is 29.8 Å². The van der Waals surface area contributed by atoms with E-state index < -0.39 is 0 Å². The fraction of sp³-hybridized carbons (Fsp3) is 0.318. The first kappa shape index (κ1) is 21.2. The van der Waals surface area contributed by atoms with E-state index >= 15 is 0 Å². The molecule has 0 saturated carbocycles. The summed E-state index contributed by atoms with van der Waals surface area (Å²) in [5.74, 6) is 0.656. The zero-order valence-corrected chi connectivity index (χ0v) is 19.0. The minimum absolute atomic E-state index is 0.149. The molecule has 2 N–H and O–H groups in total. The summed E-state index contributed by atoms with van der Waals surface area (Å²) in [7, 11) is 1.40. The molecule has 5 rings (SSSR count). The molecule has 33 heavy (non-hydrogen) atoms. The van der Waals surface area contributed by atoms with Gasteiger partial charge in [0.25, 0.3) is 0 Å². The molecule has 1 amide bonds. The number of carbonyl (C=O) groups excluding carboxylic acids is 1. The number of anilines is 2. The van der Waals surface area contributed by atoms with Gasteiger partial charge in [-0.05, 0) is 25.1 Å². The Kier molecular flexibility index (Phi) is 5.59. The Morgan fingerprint density at radius 2 is 2.03 bits per heavy atom. The maximum Gasteiger partial charge on any atom is 0.409 e. The lowest BCUT2D eigenvalue weighted by Crippen LogP contribution is -2.49. The van der Waals surface area contributed by atoms with Gasteiger partial charge in [0.2, 0.25) is 0 Å². The number of hydrogen-bond acceptors (Lipinski definition) is 8. The number of H-pyrrole nitrogens is 1. The normalized spacial score (nSPS) is 15.1. The van der Waals surface area contributed by atoms with Gasteiger partial charge in [-0.3, -0.25) is 4.98 Å². The van der Waals surface area contributed by atoms with E-state index in [2.05, 4.69) is 42.1 Å². The third-order valence-corrected chi connectivity index (χ3v) is 6.23. The second-order valence-electron chi connectivity index (χ2n) is 7.83. The van der Waals surface area contributed by atoms with Crippen LogP contribution >= 0.6 is 11.6 Å². The monoisotopic (exact) mass is 466 g/mol. The number of hydrogen-bond donors (Lipinski definition) is 2. The average molecular weight is 467 g/mol. The number of ether oxygens (including phenoxy) is 1. The molecular weight excluding hydrogens is 444 g/mol. The smallest absolute Gasteiger partial charge is 0.409 e. The highest BCUT2D eigenvalue weighted by Crippen LogP contribution is 2.39. The summed E-state index contributed by atoms with van der Waals surface area (Å²) in [6, 6.07) is 5.68. The molecule has 1 aromatic carbocycles. The summed E-state index contributed by atoms with van der Waals surface area (Å²) in [5.41, 5.74) is 4.15. The maximum absolute atomic E-state index is 12.0. The first-order valence-corrected chi connectivity index (χ1v) is 11.0. The number of carbonyl (C=O) groups is 1. The van der Waals surface area contributed by atoms with Crippen LogP contribution in [0.15, 0.2) is 37.1 Å². The Morgan fingerprint density at radius 3 is 2.82 bits per heavy atom. The maximum atomic E-state index is 12.0. The van der Waals surface area contributed by atoms with E-state index in [0.29, 0.717) is 42.7 Å². The number of nitrogens with zero attached hydrogens (tertiary/aromatic N) is 6. The summed E-state index contributed by atoms with van der Waals surface area (Å²) in [6.07, 6.45) is 4.54. The van der Waals surface area contributed by atoms with Crippen molar-refractivity contribution in [2.45, 2.75) is 13.0 Å². The molecule has 0 radical (unpaired) electrons. The number of rotatable bonds is 4. The van der Waals surface area contributed by atoms with Crippen molar-refractivity contribution in [3.63, 3.8) is 0 Å². The Morgan fingerprint density at radius 1 is 1.21 bits per heavy atom. The second kappa shape index (κ2) is 8.70. The molecule has 1 aliphatic heterocycles. The molecule has 4 aromatic rings. The standard InChI is InChI=1S/C22H23ClN8O2/c1-13(29-21-18-20(26-11-25-18)27-12-28-21)15-10-16(23)14-4-3-5-24-17(14)19(15)30-6-8-31(9-7-30)22(32)33-2/h3-5,10-13H,6-9H2,1-2H3,(H2,25,26,27,28,29). The molecule has 1 saturated heterocycles. The predicted octanol–water partition coefficient (Wildman–Crippen LogP) is 3.62. The highest BCUT2D eigenvalue weighted by atomic mass is 35.5. The number of fused-ring (bicyclic) bond motifs is 2. The third kappa shape index (κ3) is 3.86. The van der Waals surface area contributed by atoms with Gasteiger partial charge < -0.3 is 24.8 Å². The largest absolute Gasteiger partial charge is 0.453 e. The van der Waals surface area contributed by atoms with Gasteiger partial charge in [0.05, 0.1) is 35.7 Å². The quantitative estimate of drug-likeness (QED) is 0.469. The van der Waals surface area contributed by atoms with Crippen molar-refractivity contribution >= 4 is 51.3 Å². The van der Waals surface area contributed by atoms with Gasteiger partial charge >= 0.3 is 6.09 Å². The van der Waals surface area contributed by atoms with E-state index in [1.165, 1.54) is 13.4 Å². The predicted molar refractivity (Wildman–Crippen MR) is 127 cm³/mol. The summed E-state index contributed by atoms with van der Waals surface area (Å²) in [6.45, 7) is 4.48. The molecule has 170 valence electrons. The van der Waals surface area contributed by atoms with Gasteiger partial charge in [0.1, 0.15) is 11.8 Å². The van der Waals surface area contributed by atoms with Gasteiger partial charge in [0, 0.05) is 43.3 Å². The van der Waals surface area contributed by atoms with Gasteiger partial charge in [-0.2, -0.15) is 0 Å². The lowest BCUT2D eigenvalue weighted by Gasteiger charge is -2.37. The Bertz CT molecular complexity index is 1320. The number of nitrogens with one attached hydrogen (secondary N) is 2. The summed E-state index contributed by atoms with van der Waals surface area (Å²) in [5, 5.41) is 4.99. The van der Waals surface area contributed by atoms with E-state index in [9.17, 15) is 4.79 Å². The lowest BCUT2D eigenvalue weighted by atomic mass is 10.0. The third-order valence-electron chi connectivity index (χ3n) is 5.92. The van der Waals surface area contributed by atoms with Gasteiger partial charge in [-0.15, -0.1) is 0 Å². The highest BCUT2D eigenvalue weighted by Gasteiger charge is 2.27. The molecule has 0 aliphatic carbocycles. The molecule has 1 fully saturated rings. The number of imidazole rings is 1. The summed E-state index contributed by atoms with van der Waals surface area (Å²) in [4.78, 5) is 36.5. The van der Waals surface area contributed by atoms with Gasteiger partial charge in [-0.1, -0.05) is 11.6 Å². The van der Waals surface area contributed by atoms with Crippen LogP contribution in [0, 0.1) is 0 Å². The SMILES string of the molecule is COC(=O)N1CCN(c2c(C(C)Nc3ncnc4nc[nH]c34)cc(Cl)c3cccnc23)CC1. The molecule has 10 nitrogen and oxygen atoms in total. The van der Waals surface area contributed by atoms with E-state index in [0.717, 1.165) is 27.7 Å². The highest BCUT2D eigenvalue weighted by molar-refractivity contribution is 6.36. The number of benzene rings is 1. The fourth-order valence-electron chi connectivity index (χ4n) is 4.27. The Labute approximate surface area is 195 Å². The van der Waals surface area contributed by atoms with Crippen molar-refractivity contribution < 1.29 is 9.53 Å². The van der Waals surface area contributed by atoms with Crippen molar-refractivity contribution in [3.05, 3.63) is 47.6 Å². The van der Waals surface area contributed by atoms with Crippen LogP contribution in [-0.4, -0.2) is 69.2 Å². The van der Waals surface area contributed by atoms with Crippen LogP contribution in [0.5, 0.6) is 0 Å². The first-order chi connectivity index (χ1) is 16.1. The number of piperazine rings is 1. The molecular formula is C22H23ClN8O2. The second-order valence-corrected chi connectivity index (χ2v) is 8.24. The van der Waals surface area contributed by atoms with Crippen LogP contribution < -0.4 is 10.2 Å². The average Bonchev–Trinajstić information content (AvgIpc) is 3.34. The number of halogens is 1. The molecule has 11 heteroatoms. The molecule has 3 aromatic heterocycles. The van der Waals surface area contributed by atoms with E-state index in [1.54, 1.807) is 17.4 Å². The van der Waals surface area contributed by atoms with Crippen LogP contribution in [0.25, 0.3) is 22.1 Å². The number of pyridine rings is 1. The van der Waals surface area contributed by atoms with Crippen LogP contribution in [0.3, 0.4) is 0 Å². The van der Waals surface area contributed by atoms with E-state index in [4.69, 9.17) is 16.3 Å². The molecule has 1 unspecified atom stereocenters. The Hall–Kier alpha value is -3.66. The van der Waals surface area contributed by atoms with Gasteiger partial charge in [0.15, 0.2) is 11.5 Å². The van der Waals surface area contributed by atoms with Crippen LogP contribution in [0.4, 0.5) is 16.3 Å². The van der Waals surface area contributed by atoms with Crippen LogP contribution in [0.1, 0.15) is 18.5 Å². The molecule has 1 atom stereocenters. The molecule has 1 aliphatic rings. The van der Waals surface area contributed by atoms with Crippen molar-refractivity contribution in [2.24, 2.45) is 0 Å². The minimum atomic E-state index is -0.309. The van der Waals surface area contributed by atoms with Crippen LogP contribution in [0.2, 0.25) is 5.02 Å². The minimum Gasteiger partial charge on any atom is -0.453 e. The summed E-state index contributed by atoms with van der Waals surface area (Å²) < 4.78 is 4.88. The van der Waals surface area contributed by atoms with Crippen molar-refractivity contribution in [2.75, 3.05) is 43.5 Å². The van der Waals surface area contributed by atoms with E-state index in [1.807, 2.05) is 18.2 Å². The Balaban J connectivity index is 1.54. The number of aromatic amines is 1. The van der Waals surface area contributed by atoms with Crippen LogP contribution in [-0.2, 0) is 4.74 Å². The van der Waals surface area contributed by atoms with Crippen molar-refractivity contribution in [1.29, 1.82) is 0 Å². The van der Waals surface area contributed by atoms with Gasteiger partial charge in [-0.25, -0.2) is 19.7 Å². The number of aromatic nitrogens is 5. The molecule has 0 spiro atoms. The van der Waals surface area contributed by atoms with E-state index in [-0.39, 0.29) is 12.1 Å². The number of amides is 1. The lowest BCUT2D eigenvalue weighted by molar-refractivity contribution is 0.121.